The summed E-state index contributed by atoms with van der Waals surface area (Å²) >= 11 is 0. The third-order valence-corrected chi connectivity index (χ3v) is 6.04. The lowest BCUT2D eigenvalue weighted by molar-refractivity contribution is -0.129. The van der Waals surface area contributed by atoms with Crippen molar-refractivity contribution in [1.29, 1.82) is 0 Å². The van der Waals surface area contributed by atoms with Crippen molar-refractivity contribution in [3.8, 4) is 28.7 Å². The molecule has 0 radical (unpaired) electrons. The van der Waals surface area contributed by atoms with E-state index in [9.17, 15) is 4.79 Å². The van der Waals surface area contributed by atoms with E-state index >= 15 is 0 Å². The molecule has 5 rings (SSSR count). The summed E-state index contributed by atoms with van der Waals surface area (Å²) in [5.41, 5.74) is 3.76. The second kappa shape index (κ2) is 9.73. The first-order valence-corrected chi connectivity index (χ1v) is 11.5. The molecule has 0 aliphatic carbocycles. The molecule has 0 unspecified atom stereocenters. The third-order valence-electron chi connectivity index (χ3n) is 6.04. The number of methoxy groups -OCH3 is 4. The van der Waals surface area contributed by atoms with Gasteiger partial charge in [0.15, 0.2) is 17.2 Å². The Bertz CT molecular complexity index is 1470. The van der Waals surface area contributed by atoms with E-state index in [0.29, 0.717) is 51.2 Å². The Morgan fingerprint density at radius 1 is 0.784 bits per heavy atom. The maximum absolute atomic E-state index is 13.1. The monoisotopic (exact) mass is 499 g/mol. The molecule has 0 spiro atoms. The molecule has 8 nitrogen and oxygen atoms in total. The smallest absolute Gasteiger partial charge is 0.364 e. The van der Waals surface area contributed by atoms with Crippen LogP contribution in [0.5, 0.6) is 28.7 Å². The first-order valence-electron chi connectivity index (χ1n) is 11.5. The highest BCUT2D eigenvalue weighted by atomic mass is 16.6. The quantitative estimate of drug-likeness (QED) is 0.341. The minimum absolute atomic E-state index is 0.166. The molecule has 0 fully saturated rings. The van der Waals surface area contributed by atoms with Crippen LogP contribution < -0.4 is 23.7 Å². The Hall–Kier alpha value is -4.72. The van der Waals surface area contributed by atoms with Crippen LogP contribution in [0.4, 0.5) is 0 Å². The molecular formula is C29H25NO7. The molecule has 0 bridgehead atoms. The van der Waals surface area contributed by atoms with Crippen LogP contribution in [0.15, 0.2) is 71.4 Å². The summed E-state index contributed by atoms with van der Waals surface area (Å²) in [7, 11) is 6.20. The molecular weight excluding hydrogens is 474 g/mol. The third kappa shape index (κ3) is 4.38. The average molecular weight is 500 g/mol. The molecule has 3 aromatic rings. The number of carbonyl (C=O) groups is 1. The Morgan fingerprint density at radius 2 is 1.54 bits per heavy atom. The van der Waals surface area contributed by atoms with Crippen molar-refractivity contribution in [2.75, 3.05) is 28.4 Å². The minimum Gasteiger partial charge on any atom is -0.497 e. The molecule has 8 heteroatoms. The predicted molar refractivity (Wildman–Crippen MR) is 138 cm³/mol. The number of aryl methyl sites for hydroxylation is 1. The first-order chi connectivity index (χ1) is 17.9. The van der Waals surface area contributed by atoms with Crippen LogP contribution in [0.3, 0.4) is 0 Å². The fraction of sp³-hybridized carbons (Fsp3) is 0.172. The number of benzene rings is 3. The average Bonchev–Trinajstić information content (AvgIpc) is 3.32. The zero-order chi connectivity index (χ0) is 26.1. The van der Waals surface area contributed by atoms with Crippen LogP contribution >= 0.6 is 0 Å². The number of nitrogens with zero attached hydrogens (tertiary/aromatic N) is 1. The Balaban J connectivity index is 1.71. The highest BCUT2D eigenvalue weighted by molar-refractivity contribution is 6.16. The van der Waals surface area contributed by atoms with Crippen LogP contribution in [0.1, 0.15) is 22.3 Å². The Kier molecular flexibility index (Phi) is 6.31. The van der Waals surface area contributed by atoms with E-state index in [2.05, 4.69) is 4.99 Å². The number of carbonyl (C=O) groups excluding carboxylic acids is 1. The second-order valence-corrected chi connectivity index (χ2v) is 8.32. The van der Waals surface area contributed by atoms with Crippen molar-refractivity contribution in [2.45, 2.75) is 6.92 Å². The van der Waals surface area contributed by atoms with E-state index < -0.39 is 5.97 Å². The molecule has 0 saturated carbocycles. The molecule has 0 saturated heterocycles. The van der Waals surface area contributed by atoms with Crippen LogP contribution in [0.25, 0.3) is 11.3 Å². The van der Waals surface area contributed by atoms with Gasteiger partial charge in [-0.05, 0) is 55.5 Å². The van der Waals surface area contributed by atoms with Crippen molar-refractivity contribution >= 4 is 23.2 Å². The van der Waals surface area contributed by atoms with Gasteiger partial charge >= 0.3 is 5.97 Å². The molecule has 0 atom stereocenters. The molecule has 188 valence electrons. The molecule has 2 aliphatic rings. The van der Waals surface area contributed by atoms with Crippen molar-refractivity contribution in [1.82, 2.24) is 0 Å². The summed E-state index contributed by atoms with van der Waals surface area (Å²) in [6.45, 7) is 1.97. The lowest BCUT2D eigenvalue weighted by Gasteiger charge is -2.22. The number of hydrogen-bond donors (Lipinski definition) is 0. The molecule has 2 heterocycles. The maximum atomic E-state index is 13.1. The number of aliphatic imine (C=N–C) groups is 1. The van der Waals surface area contributed by atoms with E-state index in [1.807, 2.05) is 31.2 Å². The molecule has 3 aromatic carbocycles. The number of cyclic esters (lactones) is 1. The summed E-state index contributed by atoms with van der Waals surface area (Å²) in [5.74, 6) is 2.69. The van der Waals surface area contributed by atoms with Gasteiger partial charge in [0.2, 0.25) is 11.6 Å². The van der Waals surface area contributed by atoms with E-state index in [0.717, 1.165) is 11.1 Å². The van der Waals surface area contributed by atoms with Crippen LogP contribution in [0, 0.1) is 6.92 Å². The molecule has 0 N–H and O–H groups in total. The topological polar surface area (TPSA) is 84.8 Å². The van der Waals surface area contributed by atoms with Crippen molar-refractivity contribution in [3.63, 3.8) is 0 Å². The van der Waals surface area contributed by atoms with Gasteiger partial charge in [0.05, 0.1) is 28.4 Å². The van der Waals surface area contributed by atoms with Crippen LogP contribution in [-0.4, -0.2) is 40.3 Å². The SMILES string of the molecule is COc1ccc2c(c1)/C(=C1\N=C(c3cccc(C)c3)OC1=O)C=C(c1cc(OC)c(OC)c(OC)c1)O2. The number of hydrogen-bond acceptors (Lipinski definition) is 8. The number of ether oxygens (including phenoxy) is 6. The Labute approximate surface area is 214 Å². The second-order valence-electron chi connectivity index (χ2n) is 8.32. The highest BCUT2D eigenvalue weighted by Crippen LogP contribution is 2.45. The minimum atomic E-state index is -0.553. The van der Waals surface area contributed by atoms with E-state index in [4.69, 9.17) is 28.4 Å². The lowest BCUT2D eigenvalue weighted by Crippen LogP contribution is -2.09. The summed E-state index contributed by atoms with van der Waals surface area (Å²) < 4.78 is 33.7. The summed E-state index contributed by atoms with van der Waals surface area (Å²) in [5, 5.41) is 0. The largest absolute Gasteiger partial charge is 0.497 e. The zero-order valence-corrected chi connectivity index (χ0v) is 21.1. The summed E-state index contributed by atoms with van der Waals surface area (Å²) in [6, 6.07) is 16.5. The number of esters is 1. The van der Waals surface area contributed by atoms with Crippen molar-refractivity contribution in [2.24, 2.45) is 4.99 Å². The zero-order valence-electron chi connectivity index (χ0n) is 21.1. The van der Waals surface area contributed by atoms with Gasteiger partial charge in [-0.25, -0.2) is 9.79 Å². The van der Waals surface area contributed by atoms with E-state index in [-0.39, 0.29) is 11.6 Å². The predicted octanol–water partition coefficient (Wildman–Crippen LogP) is 5.18. The first kappa shape index (κ1) is 24.0. The van der Waals surface area contributed by atoms with E-state index in [1.54, 1.807) is 57.7 Å². The lowest BCUT2D eigenvalue weighted by atomic mass is 9.97. The van der Waals surface area contributed by atoms with Gasteiger partial charge in [0.25, 0.3) is 0 Å². The highest BCUT2D eigenvalue weighted by Gasteiger charge is 2.31. The van der Waals surface area contributed by atoms with Gasteiger partial charge in [-0.2, -0.15) is 0 Å². The van der Waals surface area contributed by atoms with Gasteiger partial charge in [-0.15, -0.1) is 0 Å². The van der Waals surface area contributed by atoms with E-state index in [1.165, 1.54) is 7.11 Å². The van der Waals surface area contributed by atoms with Crippen LogP contribution in [0.2, 0.25) is 0 Å². The maximum Gasteiger partial charge on any atom is 0.364 e. The summed E-state index contributed by atoms with van der Waals surface area (Å²) in [6.07, 6.45) is 1.75. The van der Waals surface area contributed by atoms with Crippen molar-refractivity contribution < 1.29 is 33.2 Å². The van der Waals surface area contributed by atoms with Gasteiger partial charge in [0, 0.05) is 22.3 Å². The van der Waals surface area contributed by atoms with Gasteiger partial charge in [-0.1, -0.05) is 17.7 Å². The fourth-order valence-electron chi connectivity index (χ4n) is 4.23. The fourth-order valence-corrected chi connectivity index (χ4v) is 4.23. The molecule has 0 aromatic heterocycles. The number of allylic oxidation sites excluding steroid dienone is 2. The molecule has 37 heavy (non-hydrogen) atoms. The van der Waals surface area contributed by atoms with Gasteiger partial charge < -0.3 is 28.4 Å². The van der Waals surface area contributed by atoms with Gasteiger partial charge in [-0.3, -0.25) is 0 Å². The standard InChI is InChI=1S/C29H25NO7/c1-16-7-6-8-17(11-16)28-30-26(29(31)37-28)21-15-23(36-22-10-9-19(32-2)14-20(21)22)18-12-24(33-3)27(35-5)25(13-18)34-4/h6-15H,1-5H3/b26-21-. The van der Waals surface area contributed by atoms with Gasteiger partial charge in [0.1, 0.15) is 17.3 Å². The molecule has 0 amide bonds. The number of fused-ring (bicyclic) bond motifs is 1. The number of rotatable bonds is 6. The summed E-state index contributed by atoms with van der Waals surface area (Å²) in [4.78, 5) is 17.7. The Morgan fingerprint density at radius 3 is 2.19 bits per heavy atom. The molecule has 2 aliphatic heterocycles. The van der Waals surface area contributed by atoms with Crippen molar-refractivity contribution in [3.05, 3.63) is 88.6 Å². The normalized spacial score (nSPS) is 16.2. The van der Waals surface area contributed by atoms with Crippen LogP contribution in [-0.2, 0) is 9.53 Å².